The molecule has 0 bridgehead atoms. The number of hydrogen-bond donors (Lipinski definition) is 0. The lowest BCUT2D eigenvalue weighted by Crippen LogP contribution is -2.46. The third-order valence-corrected chi connectivity index (χ3v) is 6.18. The van der Waals surface area contributed by atoms with Gasteiger partial charge in [0.15, 0.2) is 0 Å². The van der Waals surface area contributed by atoms with Crippen molar-refractivity contribution < 1.29 is 9.59 Å². The minimum atomic E-state index is 0.0566. The van der Waals surface area contributed by atoms with Gasteiger partial charge in [-0.25, -0.2) is 0 Å². The summed E-state index contributed by atoms with van der Waals surface area (Å²) in [6.45, 7) is 4.87. The van der Waals surface area contributed by atoms with Gasteiger partial charge in [0.05, 0.1) is 13.1 Å². The first-order valence-corrected chi connectivity index (χ1v) is 10.6. The summed E-state index contributed by atoms with van der Waals surface area (Å²) in [5.74, 6) is 0.931. The standard InChI is InChI=1S/C22H35N3O2/c1-17(2)24(21(26)13-10-18-7-4-5-8-18)16-22(27)25(19-11-12-19)15-20-9-6-14-23(20)3/h6,9,14,17-19H,4-5,7-8,10-13,15-16H2,1-3H3. The number of carbonyl (C=O) groups excluding carboxylic acids is 2. The van der Waals surface area contributed by atoms with E-state index in [9.17, 15) is 9.59 Å². The number of aryl methyl sites for hydroxylation is 1. The minimum absolute atomic E-state index is 0.0566. The summed E-state index contributed by atoms with van der Waals surface area (Å²) in [4.78, 5) is 29.6. The molecule has 0 aromatic carbocycles. The van der Waals surface area contributed by atoms with E-state index in [1.807, 2.05) is 38.1 Å². The molecule has 0 saturated heterocycles. The summed E-state index contributed by atoms with van der Waals surface area (Å²) < 4.78 is 2.07. The molecule has 2 amide bonds. The summed E-state index contributed by atoms with van der Waals surface area (Å²) in [6.07, 6.45) is 10.9. The van der Waals surface area contributed by atoms with Gasteiger partial charge in [0, 0.05) is 37.4 Å². The molecule has 3 rings (SSSR count). The number of carbonyl (C=O) groups is 2. The third kappa shape index (κ3) is 5.36. The molecule has 2 aliphatic rings. The highest BCUT2D eigenvalue weighted by molar-refractivity contribution is 5.85. The highest BCUT2D eigenvalue weighted by atomic mass is 16.2. The van der Waals surface area contributed by atoms with E-state index in [0.29, 0.717) is 24.9 Å². The molecular weight excluding hydrogens is 338 g/mol. The van der Waals surface area contributed by atoms with Crippen molar-refractivity contribution in [2.24, 2.45) is 13.0 Å². The average Bonchev–Trinajstić information content (AvgIpc) is 3.17. The Balaban J connectivity index is 1.58. The molecule has 2 aliphatic carbocycles. The Kier molecular flexibility index (Phi) is 6.61. The zero-order valence-electron chi connectivity index (χ0n) is 17.2. The van der Waals surface area contributed by atoms with E-state index in [4.69, 9.17) is 0 Å². The molecule has 0 unspecified atom stereocenters. The van der Waals surface area contributed by atoms with Crippen LogP contribution in [0.1, 0.15) is 70.9 Å². The minimum Gasteiger partial charge on any atom is -0.353 e. The van der Waals surface area contributed by atoms with Gasteiger partial charge < -0.3 is 14.4 Å². The monoisotopic (exact) mass is 373 g/mol. The topological polar surface area (TPSA) is 45.6 Å². The van der Waals surface area contributed by atoms with Crippen LogP contribution in [0.2, 0.25) is 0 Å². The summed E-state index contributed by atoms with van der Waals surface area (Å²) in [6, 6.07) is 4.48. The van der Waals surface area contributed by atoms with Gasteiger partial charge in [-0.1, -0.05) is 25.7 Å². The van der Waals surface area contributed by atoms with Crippen molar-refractivity contribution in [1.29, 1.82) is 0 Å². The molecule has 0 radical (unpaired) electrons. The Bertz CT molecular complexity index is 642. The van der Waals surface area contributed by atoms with Crippen LogP contribution >= 0.6 is 0 Å². The number of amides is 2. The highest BCUT2D eigenvalue weighted by Crippen LogP contribution is 2.30. The van der Waals surface area contributed by atoms with Crippen LogP contribution < -0.4 is 0 Å². The zero-order chi connectivity index (χ0) is 19.4. The van der Waals surface area contributed by atoms with Crippen molar-refractivity contribution in [3.05, 3.63) is 24.0 Å². The molecule has 1 heterocycles. The van der Waals surface area contributed by atoms with Crippen LogP contribution in [0.15, 0.2) is 18.3 Å². The van der Waals surface area contributed by atoms with E-state index < -0.39 is 0 Å². The van der Waals surface area contributed by atoms with Crippen LogP contribution in [0, 0.1) is 5.92 Å². The van der Waals surface area contributed by atoms with Crippen LogP contribution in [0.5, 0.6) is 0 Å². The van der Waals surface area contributed by atoms with Crippen molar-refractivity contribution in [1.82, 2.24) is 14.4 Å². The molecule has 1 aromatic heterocycles. The second-order valence-corrected chi connectivity index (χ2v) is 8.67. The maximum absolute atomic E-state index is 13.1. The quantitative estimate of drug-likeness (QED) is 0.662. The van der Waals surface area contributed by atoms with Gasteiger partial charge >= 0.3 is 0 Å². The van der Waals surface area contributed by atoms with Crippen molar-refractivity contribution >= 4 is 11.8 Å². The zero-order valence-corrected chi connectivity index (χ0v) is 17.2. The lowest BCUT2D eigenvalue weighted by Gasteiger charge is -2.30. The number of aromatic nitrogens is 1. The third-order valence-electron chi connectivity index (χ3n) is 6.18. The number of rotatable bonds is 9. The Labute approximate surface area is 163 Å². The number of nitrogens with zero attached hydrogens (tertiary/aromatic N) is 3. The summed E-state index contributed by atoms with van der Waals surface area (Å²) in [5.41, 5.74) is 1.14. The SMILES string of the molecule is CC(C)N(CC(=O)N(Cc1cccn1C)C1CC1)C(=O)CCC1CCCC1. The molecule has 1 aromatic rings. The molecular formula is C22H35N3O2. The fourth-order valence-corrected chi connectivity index (χ4v) is 4.21. The van der Waals surface area contributed by atoms with Gasteiger partial charge in [-0.3, -0.25) is 9.59 Å². The predicted molar refractivity (Wildman–Crippen MR) is 107 cm³/mol. The lowest BCUT2D eigenvalue weighted by atomic mass is 10.0. The van der Waals surface area contributed by atoms with Crippen LogP contribution in [0.3, 0.4) is 0 Å². The lowest BCUT2D eigenvalue weighted by molar-refractivity contribution is -0.143. The van der Waals surface area contributed by atoms with E-state index in [-0.39, 0.29) is 24.4 Å². The average molecular weight is 374 g/mol. The smallest absolute Gasteiger partial charge is 0.242 e. The first kappa shape index (κ1) is 20.0. The normalized spacial score (nSPS) is 17.5. The van der Waals surface area contributed by atoms with Gasteiger partial charge in [-0.15, -0.1) is 0 Å². The van der Waals surface area contributed by atoms with Crippen molar-refractivity contribution in [2.75, 3.05) is 6.54 Å². The molecule has 5 heteroatoms. The Hall–Kier alpha value is -1.78. The molecule has 2 saturated carbocycles. The largest absolute Gasteiger partial charge is 0.353 e. The van der Waals surface area contributed by atoms with Crippen molar-refractivity contribution in [3.8, 4) is 0 Å². The molecule has 0 N–H and O–H groups in total. The van der Waals surface area contributed by atoms with Crippen molar-refractivity contribution in [3.63, 3.8) is 0 Å². The van der Waals surface area contributed by atoms with E-state index in [2.05, 4.69) is 10.6 Å². The molecule has 2 fully saturated rings. The summed E-state index contributed by atoms with van der Waals surface area (Å²) in [5, 5.41) is 0. The molecule has 27 heavy (non-hydrogen) atoms. The highest BCUT2D eigenvalue weighted by Gasteiger charge is 2.34. The molecule has 0 aliphatic heterocycles. The molecule has 150 valence electrons. The molecule has 0 spiro atoms. The van der Waals surface area contributed by atoms with E-state index in [0.717, 1.165) is 25.0 Å². The predicted octanol–water partition coefficient (Wildman–Crippen LogP) is 3.72. The van der Waals surface area contributed by atoms with E-state index >= 15 is 0 Å². The van der Waals surface area contributed by atoms with Gasteiger partial charge in [0.25, 0.3) is 0 Å². The maximum atomic E-state index is 13.1. The van der Waals surface area contributed by atoms with Crippen molar-refractivity contribution in [2.45, 2.75) is 83.8 Å². The van der Waals surface area contributed by atoms with Gasteiger partial charge in [-0.05, 0) is 51.2 Å². The second-order valence-electron chi connectivity index (χ2n) is 8.67. The first-order chi connectivity index (χ1) is 13.0. The second kappa shape index (κ2) is 8.94. The fraction of sp³-hybridized carbons (Fsp3) is 0.727. The van der Waals surface area contributed by atoms with Crippen LogP contribution in [-0.2, 0) is 23.2 Å². The Morgan fingerprint density at radius 2 is 1.85 bits per heavy atom. The molecule has 5 nitrogen and oxygen atoms in total. The summed E-state index contributed by atoms with van der Waals surface area (Å²) in [7, 11) is 2.01. The maximum Gasteiger partial charge on any atom is 0.242 e. The summed E-state index contributed by atoms with van der Waals surface area (Å²) >= 11 is 0. The Morgan fingerprint density at radius 1 is 1.15 bits per heavy atom. The Morgan fingerprint density at radius 3 is 2.41 bits per heavy atom. The van der Waals surface area contributed by atoms with E-state index in [1.165, 1.54) is 25.7 Å². The van der Waals surface area contributed by atoms with Crippen LogP contribution in [-0.4, -0.2) is 44.8 Å². The van der Waals surface area contributed by atoms with Gasteiger partial charge in [0.2, 0.25) is 11.8 Å². The van der Waals surface area contributed by atoms with Gasteiger partial charge in [-0.2, -0.15) is 0 Å². The molecule has 0 atom stereocenters. The number of hydrogen-bond acceptors (Lipinski definition) is 2. The first-order valence-electron chi connectivity index (χ1n) is 10.6. The van der Waals surface area contributed by atoms with Crippen LogP contribution in [0.25, 0.3) is 0 Å². The van der Waals surface area contributed by atoms with E-state index in [1.54, 1.807) is 4.90 Å². The van der Waals surface area contributed by atoms with Crippen LogP contribution in [0.4, 0.5) is 0 Å². The van der Waals surface area contributed by atoms with Gasteiger partial charge in [0.1, 0.15) is 0 Å². The fourth-order valence-electron chi connectivity index (χ4n) is 4.21.